The molecule has 1 aliphatic rings. The van der Waals surface area contributed by atoms with Crippen LogP contribution in [0.25, 0.3) is 10.9 Å². The second kappa shape index (κ2) is 8.19. The van der Waals surface area contributed by atoms with E-state index in [2.05, 4.69) is 59.5 Å². The van der Waals surface area contributed by atoms with Crippen LogP contribution in [0.15, 0.2) is 49.1 Å². The molecular weight excluding hydrogens is 410 g/mol. The lowest BCUT2D eigenvalue weighted by Gasteiger charge is -2.31. The number of fused-ring (bicyclic) bond motifs is 2. The van der Waals surface area contributed by atoms with Crippen molar-refractivity contribution in [1.29, 1.82) is 0 Å². The van der Waals surface area contributed by atoms with E-state index >= 15 is 0 Å². The predicted octanol–water partition coefficient (Wildman–Crippen LogP) is 4.54. The van der Waals surface area contributed by atoms with Crippen LogP contribution >= 0.6 is 12.4 Å². The Bertz CT molecular complexity index is 1260. The molecule has 0 saturated heterocycles. The average Bonchev–Trinajstić information content (AvgIpc) is 3.40. The first-order valence-corrected chi connectivity index (χ1v) is 10.4. The molecule has 3 aromatic heterocycles. The molecule has 4 aromatic rings. The summed E-state index contributed by atoms with van der Waals surface area (Å²) in [5.74, 6) is 0.734. The quantitative estimate of drug-likeness (QED) is 0.474. The molecule has 0 bridgehead atoms. The van der Waals surface area contributed by atoms with Crippen molar-refractivity contribution in [1.82, 2.24) is 19.1 Å². The van der Waals surface area contributed by atoms with Crippen molar-refractivity contribution in [2.24, 2.45) is 0 Å². The monoisotopic (exact) mass is 435 g/mol. The summed E-state index contributed by atoms with van der Waals surface area (Å²) in [4.78, 5) is 24.4. The van der Waals surface area contributed by atoms with Gasteiger partial charge in [0.1, 0.15) is 12.0 Å². The number of hydrogen-bond acceptors (Lipinski definition) is 4. The molecule has 7 heteroatoms. The first kappa shape index (κ1) is 21.1. The summed E-state index contributed by atoms with van der Waals surface area (Å²) < 4.78 is 3.81. The van der Waals surface area contributed by atoms with Gasteiger partial charge in [-0.2, -0.15) is 0 Å². The van der Waals surface area contributed by atoms with Crippen LogP contribution < -0.4 is 4.90 Å². The number of imidazole rings is 1. The smallest absolute Gasteiger partial charge is 0.281 e. The SMILES string of the molecule is CCn1c(C)c(C)c2cc(C(=O)n3ccnc3)nc(N3CCc4ccccc4C3)c21.Cl. The van der Waals surface area contributed by atoms with E-state index in [9.17, 15) is 4.79 Å². The third-order valence-corrected chi connectivity index (χ3v) is 6.30. The van der Waals surface area contributed by atoms with Gasteiger partial charge in [-0.1, -0.05) is 24.3 Å². The molecule has 0 unspecified atom stereocenters. The van der Waals surface area contributed by atoms with Crippen molar-refractivity contribution in [3.05, 3.63) is 77.1 Å². The number of carbonyl (C=O) groups is 1. The molecule has 31 heavy (non-hydrogen) atoms. The first-order valence-electron chi connectivity index (χ1n) is 10.4. The molecule has 1 aromatic carbocycles. The molecule has 0 fully saturated rings. The second-order valence-electron chi connectivity index (χ2n) is 7.90. The predicted molar refractivity (Wildman–Crippen MR) is 125 cm³/mol. The third-order valence-electron chi connectivity index (χ3n) is 6.30. The average molecular weight is 436 g/mol. The Labute approximate surface area is 187 Å². The van der Waals surface area contributed by atoms with E-state index in [1.165, 1.54) is 33.3 Å². The zero-order chi connectivity index (χ0) is 20.8. The van der Waals surface area contributed by atoms with Crippen molar-refractivity contribution < 1.29 is 4.79 Å². The maximum Gasteiger partial charge on any atom is 0.281 e. The van der Waals surface area contributed by atoms with E-state index in [-0.39, 0.29) is 18.3 Å². The number of anilines is 1. The largest absolute Gasteiger partial charge is 0.350 e. The van der Waals surface area contributed by atoms with Crippen molar-refractivity contribution in [2.75, 3.05) is 11.4 Å². The van der Waals surface area contributed by atoms with Crippen LogP contribution in [0.2, 0.25) is 0 Å². The van der Waals surface area contributed by atoms with Gasteiger partial charge in [0.2, 0.25) is 0 Å². The number of aromatic nitrogens is 4. The Morgan fingerprint density at radius 3 is 2.65 bits per heavy atom. The zero-order valence-electron chi connectivity index (χ0n) is 18.0. The summed E-state index contributed by atoms with van der Waals surface area (Å²) in [7, 11) is 0. The van der Waals surface area contributed by atoms with Crippen molar-refractivity contribution >= 4 is 35.0 Å². The summed E-state index contributed by atoms with van der Waals surface area (Å²) in [6, 6.07) is 10.5. The lowest BCUT2D eigenvalue weighted by Crippen LogP contribution is -2.32. The van der Waals surface area contributed by atoms with Gasteiger partial charge in [0.05, 0.1) is 5.52 Å². The maximum absolute atomic E-state index is 13.1. The number of carbonyl (C=O) groups excluding carboxylic acids is 1. The van der Waals surface area contributed by atoms with Crippen LogP contribution in [0.1, 0.15) is 39.8 Å². The van der Waals surface area contributed by atoms with Gasteiger partial charge in [-0.05, 0) is 49.9 Å². The molecule has 0 amide bonds. The van der Waals surface area contributed by atoms with E-state index in [0.717, 1.165) is 42.8 Å². The number of rotatable bonds is 3. The summed E-state index contributed by atoms with van der Waals surface area (Å²) in [6.07, 6.45) is 5.78. The topological polar surface area (TPSA) is 56.0 Å². The fourth-order valence-corrected chi connectivity index (χ4v) is 4.56. The minimum Gasteiger partial charge on any atom is -0.350 e. The van der Waals surface area contributed by atoms with Gasteiger partial charge in [-0.15, -0.1) is 12.4 Å². The van der Waals surface area contributed by atoms with Crippen LogP contribution in [-0.2, 0) is 19.5 Å². The lowest BCUT2D eigenvalue weighted by molar-refractivity contribution is 0.0955. The molecule has 4 heterocycles. The minimum absolute atomic E-state index is 0. The Morgan fingerprint density at radius 1 is 1.16 bits per heavy atom. The van der Waals surface area contributed by atoms with Crippen LogP contribution in [0.3, 0.4) is 0 Å². The third kappa shape index (κ3) is 3.41. The number of pyridine rings is 1. The van der Waals surface area contributed by atoms with Crippen LogP contribution in [-0.4, -0.2) is 31.6 Å². The van der Waals surface area contributed by atoms with Crippen LogP contribution in [0.4, 0.5) is 5.82 Å². The maximum atomic E-state index is 13.1. The van der Waals surface area contributed by atoms with Crippen molar-refractivity contribution in [3.8, 4) is 0 Å². The van der Waals surface area contributed by atoms with Crippen molar-refractivity contribution in [3.63, 3.8) is 0 Å². The molecule has 160 valence electrons. The highest BCUT2D eigenvalue weighted by molar-refractivity contribution is 6.02. The molecule has 0 radical (unpaired) electrons. The number of hydrogen-bond donors (Lipinski definition) is 0. The molecular formula is C24H26ClN5O. The number of halogens is 1. The summed E-state index contributed by atoms with van der Waals surface area (Å²) in [5.41, 5.74) is 6.72. The van der Waals surface area contributed by atoms with Gasteiger partial charge in [0, 0.05) is 43.1 Å². The molecule has 1 aliphatic heterocycles. The summed E-state index contributed by atoms with van der Waals surface area (Å²) in [5, 5.41) is 1.10. The van der Waals surface area contributed by atoms with Gasteiger partial charge < -0.3 is 9.47 Å². The lowest BCUT2D eigenvalue weighted by atomic mass is 10.00. The fourth-order valence-electron chi connectivity index (χ4n) is 4.56. The number of nitrogens with zero attached hydrogens (tertiary/aromatic N) is 5. The standard InChI is InChI=1S/C24H25N5O.ClH/c1-4-29-17(3)16(2)20-13-21(24(30)28-12-10-25-15-28)26-23(22(20)29)27-11-9-18-7-5-6-8-19(18)14-27;/h5-8,10,12-13,15H,4,9,11,14H2,1-3H3;1H. The van der Waals surface area contributed by atoms with E-state index in [0.29, 0.717) is 5.69 Å². The van der Waals surface area contributed by atoms with E-state index in [1.807, 2.05) is 6.07 Å². The fraction of sp³-hybridized carbons (Fsp3) is 0.292. The number of aryl methyl sites for hydroxylation is 2. The van der Waals surface area contributed by atoms with Crippen LogP contribution in [0, 0.1) is 13.8 Å². The van der Waals surface area contributed by atoms with E-state index in [4.69, 9.17) is 4.98 Å². The van der Waals surface area contributed by atoms with Gasteiger partial charge >= 0.3 is 0 Å². The molecule has 0 spiro atoms. The highest BCUT2D eigenvalue weighted by atomic mass is 35.5. The van der Waals surface area contributed by atoms with Gasteiger partial charge in [-0.3, -0.25) is 9.36 Å². The Morgan fingerprint density at radius 2 is 1.94 bits per heavy atom. The van der Waals surface area contributed by atoms with Crippen LogP contribution in [0.5, 0.6) is 0 Å². The molecule has 0 saturated carbocycles. The second-order valence-corrected chi connectivity index (χ2v) is 7.90. The molecule has 0 N–H and O–H groups in total. The molecule has 5 rings (SSSR count). The molecule has 0 aliphatic carbocycles. The first-order chi connectivity index (χ1) is 14.6. The van der Waals surface area contributed by atoms with Gasteiger partial charge in [0.15, 0.2) is 5.82 Å². The summed E-state index contributed by atoms with van der Waals surface area (Å²) in [6.45, 7) is 8.98. The Balaban J connectivity index is 0.00000231. The highest BCUT2D eigenvalue weighted by Crippen LogP contribution is 2.35. The summed E-state index contributed by atoms with van der Waals surface area (Å²) >= 11 is 0. The van der Waals surface area contributed by atoms with Gasteiger partial charge in [0.25, 0.3) is 5.91 Å². The van der Waals surface area contributed by atoms with E-state index < -0.39 is 0 Å². The molecule has 0 atom stereocenters. The zero-order valence-corrected chi connectivity index (χ0v) is 18.8. The van der Waals surface area contributed by atoms with E-state index in [1.54, 1.807) is 12.4 Å². The normalized spacial score (nSPS) is 13.2. The molecule has 6 nitrogen and oxygen atoms in total. The minimum atomic E-state index is -0.158. The highest BCUT2D eigenvalue weighted by Gasteiger charge is 2.25. The Hall–Kier alpha value is -3.12. The van der Waals surface area contributed by atoms with Crippen molar-refractivity contribution in [2.45, 2.75) is 40.3 Å². The Kier molecular flexibility index (Phi) is 5.58. The number of benzene rings is 1. The van der Waals surface area contributed by atoms with Gasteiger partial charge in [-0.25, -0.2) is 9.97 Å².